The molecule has 1 amide bonds. The van der Waals surface area contributed by atoms with Crippen LogP contribution in [0.5, 0.6) is 0 Å². The van der Waals surface area contributed by atoms with Gasteiger partial charge in [0.1, 0.15) is 0 Å². The topological polar surface area (TPSA) is 49.3 Å². The van der Waals surface area contributed by atoms with Crippen molar-refractivity contribution in [2.75, 3.05) is 0 Å². The van der Waals surface area contributed by atoms with Crippen molar-refractivity contribution >= 4 is 6.09 Å². The highest BCUT2D eigenvalue weighted by molar-refractivity contribution is 5.64. The van der Waals surface area contributed by atoms with Gasteiger partial charge in [0.05, 0.1) is 0 Å². The van der Waals surface area contributed by atoms with E-state index in [-0.39, 0.29) is 6.04 Å². The highest BCUT2D eigenvalue weighted by Crippen LogP contribution is 2.55. The number of hydrogen-bond acceptors (Lipinski definition) is 1. The molecule has 0 aromatic rings. The SMILES string of the molecule is O=C(O)NC1CCC2(CC1)CC2. The molecule has 0 saturated heterocycles. The molecule has 2 saturated carbocycles. The Morgan fingerprint density at radius 1 is 1.25 bits per heavy atom. The fraction of sp³-hybridized carbons (Fsp3) is 0.889. The summed E-state index contributed by atoms with van der Waals surface area (Å²) in [5, 5.41) is 11.1. The van der Waals surface area contributed by atoms with Gasteiger partial charge in [0, 0.05) is 6.04 Å². The molecule has 1 spiro atoms. The summed E-state index contributed by atoms with van der Waals surface area (Å²) in [6.07, 6.45) is 6.46. The van der Waals surface area contributed by atoms with Gasteiger partial charge in [-0.25, -0.2) is 4.79 Å². The molecule has 12 heavy (non-hydrogen) atoms. The molecule has 0 atom stereocenters. The first kappa shape index (κ1) is 7.90. The number of hydrogen-bond donors (Lipinski definition) is 2. The maximum Gasteiger partial charge on any atom is 0.404 e. The Bertz CT molecular complexity index is 189. The van der Waals surface area contributed by atoms with Crippen LogP contribution in [0, 0.1) is 5.41 Å². The Hall–Kier alpha value is -0.730. The minimum atomic E-state index is -0.869. The van der Waals surface area contributed by atoms with Crippen LogP contribution < -0.4 is 5.32 Å². The molecule has 2 rings (SSSR count). The Labute approximate surface area is 72.2 Å². The molecule has 0 heterocycles. The standard InChI is InChI=1S/C9H15NO2/c11-8(12)10-7-1-3-9(4-2-7)5-6-9/h7,10H,1-6H2,(H,11,12). The highest BCUT2D eigenvalue weighted by atomic mass is 16.4. The third-order valence-electron chi connectivity index (χ3n) is 3.33. The van der Waals surface area contributed by atoms with Gasteiger partial charge in [0.25, 0.3) is 0 Å². The van der Waals surface area contributed by atoms with Crippen molar-refractivity contribution in [2.24, 2.45) is 5.41 Å². The van der Waals surface area contributed by atoms with Gasteiger partial charge in [0.2, 0.25) is 0 Å². The van der Waals surface area contributed by atoms with E-state index in [2.05, 4.69) is 5.32 Å². The van der Waals surface area contributed by atoms with E-state index >= 15 is 0 Å². The molecule has 3 heteroatoms. The average molecular weight is 169 g/mol. The van der Waals surface area contributed by atoms with E-state index in [1.807, 2.05) is 0 Å². The summed E-state index contributed by atoms with van der Waals surface area (Å²) in [5.41, 5.74) is 0.663. The lowest BCUT2D eigenvalue weighted by Crippen LogP contribution is -2.36. The molecule has 0 aromatic carbocycles. The van der Waals surface area contributed by atoms with Crippen LogP contribution in [-0.2, 0) is 0 Å². The van der Waals surface area contributed by atoms with Crippen molar-refractivity contribution < 1.29 is 9.90 Å². The van der Waals surface area contributed by atoms with Crippen LogP contribution in [0.15, 0.2) is 0 Å². The molecule has 68 valence electrons. The third kappa shape index (κ3) is 1.54. The van der Waals surface area contributed by atoms with Gasteiger partial charge in [-0.3, -0.25) is 0 Å². The molecular formula is C9H15NO2. The van der Waals surface area contributed by atoms with Crippen molar-refractivity contribution in [3.8, 4) is 0 Å². The lowest BCUT2D eigenvalue weighted by molar-refractivity contribution is 0.180. The van der Waals surface area contributed by atoms with Gasteiger partial charge < -0.3 is 10.4 Å². The normalized spacial score (nSPS) is 27.0. The number of rotatable bonds is 1. The molecule has 2 aliphatic rings. The first-order valence-corrected chi connectivity index (χ1v) is 4.70. The zero-order valence-corrected chi connectivity index (χ0v) is 7.18. The average Bonchev–Trinajstić information content (AvgIpc) is 2.75. The maximum absolute atomic E-state index is 10.3. The van der Waals surface area contributed by atoms with E-state index in [9.17, 15) is 4.79 Å². The quantitative estimate of drug-likeness (QED) is 0.630. The molecule has 0 bridgehead atoms. The van der Waals surface area contributed by atoms with Crippen molar-refractivity contribution in [2.45, 2.75) is 44.6 Å². The Kier molecular flexibility index (Phi) is 1.74. The van der Waals surface area contributed by atoms with Gasteiger partial charge in [-0.15, -0.1) is 0 Å². The summed E-state index contributed by atoms with van der Waals surface area (Å²) in [6, 6.07) is 0.230. The Morgan fingerprint density at radius 3 is 2.25 bits per heavy atom. The molecule has 0 aliphatic heterocycles. The summed E-state index contributed by atoms with van der Waals surface area (Å²) < 4.78 is 0. The predicted octanol–water partition coefficient (Wildman–Crippen LogP) is 1.98. The zero-order chi connectivity index (χ0) is 8.60. The second-order valence-corrected chi connectivity index (χ2v) is 4.22. The van der Waals surface area contributed by atoms with Crippen LogP contribution in [-0.4, -0.2) is 17.2 Å². The highest BCUT2D eigenvalue weighted by Gasteiger charge is 2.44. The second-order valence-electron chi connectivity index (χ2n) is 4.22. The molecule has 2 aliphatic carbocycles. The number of nitrogens with one attached hydrogen (secondary N) is 1. The minimum absolute atomic E-state index is 0.230. The summed E-state index contributed by atoms with van der Waals surface area (Å²) in [7, 11) is 0. The van der Waals surface area contributed by atoms with Gasteiger partial charge in [-0.05, 0) is 43.9 Å². The Morgan fingerprint density at radius 2 is 1.83 bits per heavy atom. The van der Waals surface area contributed by atoms with Crippen LogP contribution >= 0.6 is 0 Å². The lowest BCUT2D eigenvalue weighted by atomic mass is 9.83. The first-order valence-electron chi connectivity index (χ1n) is 4.70. The van der Waals surface area contributed by atoms with Crippen molar-refractivity contribution in [3.63, 3.8) is 0 Å². The van der Waals surface area contributed by atoms with E-state index in [0.717, 1.165) is 12.8 Å². The minimum Gasteiger partial charge on any atom is -0.465 e. The predicted molar refractivity (Wildman–Crippen MR) is 45.1 cm³/mol. The molecule has 0 radical (unpaired) electrons. The van der Waals surface area contributed by atoms with Crippen LogP contribution in [0.25, 0.3) is 0 Å². The van der Waals surface area contributed by atoms with Crippen LogP contribution in [0.4, 0.5) is 4.79 Å². The first-order chi connectivity index (χ1) is 5.70. The fourth-order valence-electron chi connectivity index (χ4n) is 2.23. The Balaban J connectivity index is 1.78. The van der Waals surface area contributed by atoms with Gasteiger partial charge in [0.15, 0.2) is 0 Å². The number of carboxylic acid groups (broad SMARTS) is 1. The summed E-state index contributed by atoms with van der Waals surface area (Å²) in [4.78, 5) is 10.3. The molecule has 3 nitrogen and oxygen atoms in total. The number of amides is 1. The van der Waals surface area contributed by atoms with E-state index < -0.39 is 6.09 Å². The number of carbonyl (C=O) groups is 1. The monoisotopic (exact) mass is 169 g/mol. The van der Waals surface area contributed by atoms with Gasteiger partial charge in [-0.2, -0.15) is 0 Å². The molecular weight excluding hydrogens is 154 g/mol. The lowest BCUT2D eigenvalue weighted by Gasteiger charge is -2.27. The fourth-order valence-corrected chi connectivity index (χ4v) is 2.23. The smallest absolute Gasteiger partial charge is 0.404 e. The van der Waals surface area contributed by atoms with E-state index in [0.29, 0.717) is 5.41 Å². The molecule has 0 unspecified atom stereocenters. The van der Waals surface area contributed by atoms with E-state index in [1.54, 1.807) is 0 Å². The van der Waals surface area contributed by atoms with E-state index in [1.165, 1.54) is 25.7 Å². The third-order valence-corrected chi connectivity index (χ3v) is 3.33. The molecule has 0 aromatic heterocycles. The molecule has 2 N–H and O–H groups in total. The van der Waals surface area contributed by atoms with Gasteiger partial charge >= 0.3 is 6.09 Å². The van der Waals surface area contributed by atoms with E-state index in [4.69, 9.17) is 5.11 Å². The van der Waals surface area contributed by atoms with Crippen molar-refractivity contribution in [1.29, 1.82) is 0 Å². The van der Waals surface area contributed by atoms with Crippen LogP contribution in [0.2, 0.25) is 0 Å². The largest absolute Gasteiger partial charge is 0.465 e. The second kappa shape index (κ2) is 2.64. The molecule has 2 fully saturated rings. The van der Waals surface area contributed by atoms with Crippen LogP contribution in [0.3, 0.4) is 0 Å². The summed E-state index contributed by atoms with van der Waals surface area (Å²) in [6.45, 7) is 0. The summed E-state index contributed by atoms with van der Waals surface area (Å²) in [5.74, 6) is 0. The van der Waals surface area contributed by atoms with Gasteiger partial charge in [-0.1, -0.05) is 0 Å². The summed E-state index contributed by atoms with van der Waals surface area (Å²) >= 11 is 0. The van der Waals surface area contributed by atoms with Crippen molar-refractivity contribution in [1.82, 2.24) is 5.32 Å². The van der Waals surface area contributed by atoms with Crippen LogP contribution in [0.1, 0.15) is 38.5 Å². The van der Waals surface area contributed by atoms with Crippen molar-refractivity contribution in [3.05, 3.63) is 0 Å². The zero-order valence-electron chi connectivity index (χ0n) is 7.18. The maximum atomic E-state index is 10.3.